The molecule has 2 amide bonds. The Labute approximate surface area is 148 Å². The molecule has 2 rings (SSSR count). The molecule has 1 unspecified atom stereocenters. The Balaban J connectivity index is 0.00000264. The number of nitrogens with zero attached hydrogens (tertiary/aromatic N) is 1. The molecule has 1 atom stereocenters. The van der Waals surface area contributed by atoms with Crippen molar-refractivity contribution in [2.75, 3.05) is 32.0 Å². The van der Waals surface area contributed by atoms with E-state index in [2.05, 4.69) is 10.6 Å². The number of carbonyl (C=O) groups excluding carboxylic acids is 2. The first-order valence-corrected chi connectivity index (χ1v) is 7.92. The summed E-state index contributed by atoms with van der Waals surface area (Å²) in [6.45, 7) is 2.08. The highest BCUT2D eigenvalue weighted by Gasteiger charge is 2.18. The van der Waals surface area contributed by atoms with Gasteiger partial charge in [0.2, 0.25) is 11.8 Å². The van der Waals surface area contributed by atoms with Crippen LogP contribution in [0.5, 0.6) is 0 Å². The van der Waals surface area contributed by atoms with Gasteiger partial charge in [-0.1, -0.05) is 17.7 Å². The van der Waals surface area contributed by atoms with Gasteiger partial charge in [-0.15, -0.1) is 12.4 Å². The number of rotatable bonds is 6. The number of likely N-dealkylation sites (N-methyl/N-ethyl adjacent to an activating group) is 1. The molecule has 1 aliphatic rings. The molecule has 1 heterocycles. The minimum absolute atomic E-state index is 0. The number of nitrogens with one attached hydrogen (secondary N) is 2. The summed E-state index contributed by atoms with van der Waals surface area (Å²) in [6.07, 6.45) is 2.51. The van der Waals surface area contributed by atoms with Crippen molar-refractivity contribution >= 4 is 41.5 Å². The lowest BCUT2D eigenvalue weighted by Gasteiger charge is -2.18. The molecule has 0 aromatic heterocycles. The van der Waals surface area contributed by atoms with Crippen LogP contribution in [0.25, 0.3) is 0 Å². The zero-order valence-corrected chi connectivity index (χ0v) is 14.8. The Morgan fingerprint density at radius 2 is 2.22 bits per heavy atom. The van der Waals surface area contributed by atoms with Gasteiger partial charge in [0.15, 0.2) is 0 Å². The van der Waals surface area contributed by atoms with E-state index in [9.17, 15) is 9.59 Å². The highest BCUT2D eigenvalue weighted by molar-refractivity contribution is 6.30. The van der Waals surface area contributed by atoms with Crippen molar-refractivity contribution < 1.29 is 9.59 Å². The molecule has 0 bridgehead atoms. The number of anilines is 1. The van der Waals surface area contributed by atoms with Crippen LogP contribution in [0.15, 0.2) is 24.3 Å². The van der Waals surface area contributed by atoms with E-state index in [1.54, 1.807) is 31.3 Å². The summed E-state index contributed by atoms with van der Waals surface area (Å²) in [5.41, 5.74) is 0.635. The zero-order chi connectivity index (χ0) is 15.9. The molecule has 5 nitrogen and oxygen atoms in total. The van der Waals surface area contributed by atoms with Gasteiger partial charge < -0.3 is 15.5 Å². The maximum atomic E-state index is 12.0. The molecule has 1 fully saturated rings. The van der Waals surface area contributed by atoms with Gasteiger partial charge in [-0.2, -0.15) is 0 Å². The third kappa shape index (κ3) is 6.77. The molecule has 0 saturated carbocycles. The van der Waals surface area contributed by atoms with Crippen LogP contribution in [0.3, 0.4) is 0 Å². The largest absolute Gasteiger partial charge is 0.336 e. The quantitative estimate of drug-likeness (QED) is 0.820. The van der Waals surface area contributed by atoms with Crippen LogP contribution in [0.4, 0.5) is 5.69 Å². The predicted molar refractivity (Wildman–Crippen MR) is 95.2 cm³/mol. The minimum atomic E-state index is -0.222. The highest BCUT2D eigenvalue weighted by Crippen LogP contribution is 2.16. The topological polar surface area (TPSA) is 61.4 Å². The van der Waals surface area contributed by atoms with Crippen molar-refractivity contribution in [2.24, 2.45) is 5.92 Å². The first kappa shape index (κ1) is 19.7. The second kappa shape index (κ2) is 9.75. The molecule has 1 aliphatic heterocycles. The lowest BCUT2D eigenvalue weighted by molar-refractivity contribution is -0.133. The molecule has 2 N–H and O–H groups in total. The number of benzene rings is 1. The van der Waals surface area contributed by atoms with Crippen LogP contribution in [0.1, 0.15) is 19.3 Å². The van der Waals surface area contributed by atoms with Gasteiger partial charge in [-0.25, -0.2) is 0 Å². The van der Waals surface area contributed by atoms with Gasteiger partial charge in [0.25, 0.3) is 0 Å². The fourth-order valence-electron chi connectivity index (χ4n) is 2.55. The molecular weight excluding hydrogens is 337 g/mol. The first-order valence-electron chi connectivity index (χ1n) is 7.54. The van der Waals surface area contributed by atoms with Crippen molar-refractivity contribution in [3.8, 4) is 0 Å². The minimum Gasteiger partial charge on any atom is -0.336 e. The van der Waals surface area contributed by atoms with Gasteiger partial charge in [-0.3, -0.25) is 9.59 Å². The maximum absolute atomic E-state index is 12.0. The summed E-state index contributed by atoms with van der Waals surface area (Å²) in [4.78, 5) is 25.5. The van der Waals surface area contributed by atoms with E-state index in [-0.39, 0.29) is 30.8 Å². The summed E-state index contributed by atoms with van der Waals surface area (Å²) in [7, 11) is 1.66. The molecule has 1 aromatic rings. The van der Waals surface area contributed by atoms with Crippen molar-refractivity contribution in [1.82, 2.24) is 10.2 Å². The number of hydrogen-bond donors (Lipinski definition) is 2. The van der Waals surface area contributed by atoms with Crippen molar-refractivity contribution in [3.05, 3.63) is 29.3 Å². The van der Waals surface area contributed by atoms with Crippen molar-refractivity contribution in [1.29, 1.82) is 0 Å². The fraction of sp³-hybridized carbons (Fsp3) is 0.500. The smallest absolute Gasteiger partial charge is 0.243 e. The van der Waals surface area contributed by atoms with E-state index in [0.29, 0.717) is 23.0 Å². The molecule has 0 radical (unpaired) electrons. The van der Waals surface area contributed by atoms with Crippen molar-refractivity contribution in [2.45, 2.75) is 19.3 Å². The fourth-order valence-corrected chi connectivity index (χ4v) is 2.74. The summed E-state index contributed by atoms with van der Waals surface area (Å²) in [5, 5.41) is 6.59. The molecule has 0 spiro atoms. The number of hydrogen-bond acceptors (Lipinski definition) is 3. The van der Waals surface area contributed by atoms with Gasteiger partial charge in [0.05, 0.1) is 6.54 Å². The van der Waals surface area contributed by atoms with Gasteiger partial charge in [0, 0.05) is 24.2 Å². The molecule has 0 aliphatic carbocycles. The monoisotopic (exact) mass is 359 g/mol. The molecule has 7 heteroatoms. The Hall–Kier alpha value is -1.30. The summed E-state index contributed by atoms with van der Waals surface area (Å²) in [5.74, 6) is 0.367. The van der Waals surface area contributed by atoms with E-state index >= 15 is 0 Å². The molecule has 128 valence electrons. The van der Waals surface area contributed by atoms with Crippen LogP contribution in [-0.2, 0) is 9.59 Å². The third-order valence-electron chi connectivity index (χ3n) is 3.84. The second-order valence-corrected chi connectivity index (χ2v) is 6.14. The Morgan fingerprint density at radius 3 is 2.87 bits per heavy atom. The Morgan fingerprint density at radius 1 is 1.43 bits per heavy atom. The van der Waals surface area contributed by atoms with Crippen LogP contribution in [-0.4, -0.2) is 43.4 Å². The lowest BCUT2D eigenvalue weighted by Crippen LogP contribution is -2.35. The first-order chi connectivity index (χ1) is 10.5. The number of carbonyl (C=O) groups is 2. The predicted octanol–water partition coefficient (Wildman–Crippen LogP) is 2.55. The van der Waals surface area contributed by atoms with Gasteiger partial charge >= 0.3 is 0 Å². The average molecular weight is 360 g/mol. The molecule has 1 saturated heterocycles. The van der Waals surface area contributed by atoms with Gasteiger partial charge in [-0.05, 0) is 50.0 Å². The van der Waals surface area contributed by atoms with Crippen LogP contribution in [0, 0.1) is 5.92 Å². The van der Waals surface area contributed by atoms with Gasteiger partial charge in [0.1, 0.15) is 0 Å². The summed E-state index contributed by atoms with van der Waals surface area (Å²) >= 11 is 5.87. The van der Waals surface area contributed by atoms with Crippen LogP contribution >= 0.6 is 24.0 Å². The van der Waals surface area contributed by atoms with E-state index in [0.717, 1.165) is 25.9 Å². The van der Waals surface area contributed by atoms with E-state index in [1.165, 1.54) is 4.90 Å². The summed E-state index contributed by atoms with van der Waals surface area (Å²) in [6, 6.07) is 6.94. The number of halogens is 2. The Kier molecular flexibility index (Phi) is 8.37. The van der Waals surface area contributed by atoms with E-state index < -0.39 is 0 Å². The molecule has 1 aromatic carbocycles. The van der Waals surface area contributed by atoms with E-state index in [1.807, 2.05) is 0 Å². The second-order valence-electron chi connectivity index (χ2n) is 5.71. The summed E-state index contributed by atoms with van der Waals surface area (Å²) < 4.78 is 0. The third-order valence-corrected chi connectivity index (χ3v) is 4.08. The van der Waals surface area contributed by atoms with Crippen molar-refractivity contribution in [3.63, 3.8) is 0 Å². The molecular formula is C16H23Cl2N3O2. The van der Waals surface area contributed by atoms with Crippen LogP contribution in [0.2, 0.25) is 5.02 Å². The zero-order valence-electron chi connectivity index (χ0n) is 13.2. The average Bonchev–Trinajstić information content (AvgIpc) is 2.97. The molecule has 23 heavy (non-hydrogen) atoms. The standard InChI is InChI=1S/C16H22ClN3O2.ClH/c1-20(16(22)6-5-12-7-8-18-10-12)11-15(21)19-14-4-2-3-13(17)9-14;/h2-4,9,12,18H,5-8,10-11H2,1H3,(H,19,21);1H. The lowest BCUT2D eigenvalue weighted by atomic mass is 10.0. The Bertz CT molecular complexity index is 534. The maximum Gasteiger partial charge on any atom is 0.243 e. The van der Waals surface area contributed by atoms with E-state index in [4.69, 9.17) is 11.6 Å². The van der Waals surface area contributed by atoms with Crippen LogP contribution < -0.4 is 10.6 Å². The SMILES string of the molecule is CN(CC(=O)Nc1cccc(Cl)c1)C(=O)CCC1CCNC1.Cl. The number of amides is 2. The normalized spacial score (nSPS) is 16.5. The highest BCUT2D eigenvalue weighted by atomic mass is 35.5.